The summed E-state index contributed by atoms with van der Waals surface area (Å²) < 4.78 is 26.9. The van der Waals surface area contributed by atoms with Crippen molar-refractivity contribution in [2.24, 2.45) is 0 Å². The molecule has 10 heteroatoms. The second-order valence-electron chi connectivity index (χ2n) is 6.88. The van der Waals surface area contributed by atoms with Gasteiger partial charge in [0.15, 0.2) is 0 Å². The van der Waals surface area contributed by atoms with Crippen LogP contribution in [0.2, 0.25) is 10.0 Å². The van der Waals surface area contributed by atoms with Crippen LogP contribution in [0.5, 0.6) is 0 Å². The molecule has 0 bridgehead atoms. The molecule has 0 spiro atoms. The predicted molar refractivity (Wildman–Crippen MR) is 118 cm³/mol. The minimum absolute atomic E-state index is 0.129. The van der Waals surface area contributed by atoms with Gasteiger partial charge in [0.05, 0.1) is 22.9 Å². The Labute approximate surface area is 186 Å². The largest absolute Gasteiger partial charge is 0.350 e. The highest BCUT2D eigenvalue weighted by molar-refractivity contribution is 7.88. The van der Waals surface area contributed by atoms with Gasteiger partial charge in [0.1, 0.15) is 0 Å². The first kappa shape index (κ1) is 24.1. The van der Waals surface area contributed by atoms with Crippen LogP contribution in [0.25, 0.3) is 0 Å². The maximum absolute atomic E-state index is 12.2. The Bertz CT molecular complexity index is 1030. The second kappa shape index (κ2) is 10.8. The Kier molecular flexibility index (Phi) is 8.66. The minimum atomic E-state index is -3.50. The van der Waals surface area contributed by atoms with Crippen LogP contribution in [-0.4, -0.2) is 32.8 Å². The lowest BCUT2D eigenvalue weighted by molar-refractivity contribution is -0.120. The maximum atomic E-state index is 12.2. The fraction of sp³-hybridized carbons (Fsp3) is 0.300. The molecule has 2 rings (SSSR count). The summed E-state index contributed by atoms with van der Waals surface area (Å²) >= 11 is 11.8. The summed E-state index contributed by atoms with van der Waals surface area (Å²) in [5.74, 6) is -1.12. The first-order valence-electron chi connectivity index (χ1n) is 9.14. The lowest BCUT2D eigenvalue weighted by atomic mass is 10.1. The molecular formula is C20H23Cl2N3O4S. The molecule has 2 aromatic carbocycles. The quantitative estimate of drug-likeness (QED) is 0.522. The van der Waals surface area contributed by atoms with Gasteiger partial charge in [-0.05, 0) is 43.2 Å². The van der Waals surface area contributed by atoms with E-state index in [-0.39, 0.29) is 35.5 Å². The standard InChI is InChI=1S/C20H23Cl2N3O4S/c1-13(2)25-30(28,29)12-15-6-4-3-5-14(15)10-23-19(26)11-24-20(27)17-8-7-16(21)9-18(17)22/h3-9,13,25H,10-12H2,1-2H3,(H,23,26)(H,24,27). The van der Waals surface area contributed by atoms with Crippen LogP contribution in [-0.2, 0) is 27.1 Å². The molecule has 7 nitrogen and oxygen atoms in total. The molecule has 2 amide bonds. The molecule has 0 aliphatic heterocycles. The number of carbonyl (C=O) groups excluding carboxylic acids is 2. The third kappa shape index (κ3) is 7.60. The zero-order valence-electron chi connectivity index (χ0n) is 16.5. The third-order valence-electron chi connectivity index (χ3n) is 3.94. The molecule has 0 atom stereocenters. The summed E-state index contributed by atoms with van der Waals surface area (Å²) in [5.41, 5.74) is 1.47. The van der Waals surface area contributed by atoms with Crippen LogP contribution >= 0.6 is 23.2 Å². The van der Waals surface area contributed by atoms with E-state index >= 15 is 0 Å². The van der Waals surface area contributed by atoms with Gasteiger partial charge in [-0.15, -0.1) is 0 Å². The highest BCUT2D eigenvalue weighted by Gasteiger charge is 2.16. The average Bonchev–Trinajstić information content (AvgIpc) is 2.64. The van der Waals surface area contributed by atoms with Crippen LogP contribution in [0.15, 0.2) is 42.5 Å². The Morgan fingerprint density at radius 2 is 1.67 bits per heavy atom. The van der Waals surface area contributed by atoms with E-state index < -0.39 is 21.8 Å². The van der Waals surface area contributed by atoms with Gasteiger partial charge in [-0.1, -0.05) is 47.5 Å². The highest BCUT2D eigenvalue weighted by atomic mass is 35.5. The van der Waals surface area contributed by atoms with Crippen LogP contribution < -0.4 is 15.4 Å². The second-order valence-corrected chi connectivity index (χ2v) is 9.48. The van der Waals surface area contributed by atoms with Crippen molar-refractivity contribution in [3.05, 3.63) is 69.2 Å². The Balaban J connectivity index is 1.93. The van der Waals surface area contributed by atoms with Crippen LogP contribution in [0, 0.1) is 0 Å². The lowest BCUT2D eigenvalue weighted by Crippen LogP contribution is -2.37. The zero-order valence-corrected chi connectivity index (χ0v) is 18.9. The molecular weight excluding hydrogens is 449 g/mol. The van der Waals surface area contributed by atoms with Gasteiger partial charge in [0.25, 0.3) is 5.91 Å². The Morgan fingerprint density at radius 3 is 2.30 bits per heavy atom. The normalized spacial score (nSPS) is 11.4. The molecule has 0 aliphatic carbocycles. The molecule has 0 saturated carbocycles. The lowest BCUT2D eigenvalue weighted by Gasteiger charge is -2.13. The van der Waals surface area contributed by atoms with Crippen molar-refractivity contribution < 1.29 is 18.0 Å². The Morgan fingerprint density at radius 1 is 1.00 bits per heavy atom. The predicted octanol–water partition coefficient (Wildman–Crippen LogP) is 2.87. The molecule has 0 saturated heterocycles. The van der Waals surface area contributed by atoms with Crippen molar-refractivity contribution in [3.63, 3.8) is 0 Å². The van der Waals surface area contributed by atoms with Crippen LogP contribution in [0.3, 0.4) is 0 Å². The summed E-state index contributed by atoms with van der Waals surface area (Å²) in [5, 5.41) is 5.75. The summed E-state index contributed by atoms with van der Waals surface area (Å²) in [6.45, 7) is 3.36. The third-order valence-corrected chi connectivity index (χ3v) is 6.01. The number of benzene rings is 2. The van der Waals surface area contributed by atoms with Crippen LogP contribution in [0.1, 0.15) is 35.3 Å². The SMILES string of the molecule is CC(C)NS(=O)(=O)Cc1ccccc1CNC(=O)CNC(=O)c1ccc(Cl)cc1Cl. The number of halogens is 2. The number of sulfonamides is 1. The first-order chi connectivity index (χ1) is 14.1. The van der Waals surface area contributed by atoms with E-state index in [1.807, 2.05) is 0 Å². The molecule has 0 radical (unpaired) electrons. The van der Waals surface area contributed by atoms with Gasteiger partial charge in [-0.3, -0.25) is 9.59 Å². The van der Waals surface area contributed by atoms with Gasteiger partial charge in [0.2, 0.25) is 15.9 Å². The van der Waals surface area contributed by atoms with Crippen molar-refractivity contribution in [3.8, 4) is 0 Å². The van der Waals surface area contributed by atoms with Crippen molar-refractivity contribution in [1.82, 2.24) is 15.4 Å². The number of carbonyl (C=O) groups is 2. The smallest absolute Gasteiger partial charge is 0.253 e. The minimum Gasteiger partial charge on any atom is -0.350 e. The van der Waals surface area contributed by atoms with E-state index in [1.54, 1.807) is 38.1 Å². The molecule has 30 heavy (non-hydrogen) atoms. The van der Waals surface area contributed by atoms with Gasteiger partial charge in [0, 0.05) is 17.6 Å². The van der Waals surface area contributed by atoms with E-state index in [0.717, 1.165) is 0 Å². The summed E-state index contributed by atoms with van der Waals surface area (Å²) in [6.07, 6.45) is 0. The maximum Gasteiger partial charge on any atom is 0.253 e. The van der Waals surface area contributed by atoms with Crippen molar-refractivity contribution in [2.45, 2.75) is 32.2 Å². The molecule has 162 valence electrons. The van der Waals surface area contributed by atoms with Gasteiger partial charge in [-0.2, -0.15) is 0 Å². The average molecular weight is 472 g/mol. The van der Waals surface area contributed by atoms with E-state index in [4.69, 9.17) is 23.2 Å². The van der Waals surface area contributed by atoms with E-state index in [2.05, 4.69) is 15.4 Å². The topological polar surface area (TPSA) is 104 Å². The van der Waals surface area contributed by atoms with Crippen molar-refractivity contribution >= 4 is 45.0 Å². The molecule has 0 aliphatic rings. The Hall–Kier alpha value is -2.13. The number of hydrogen-bond acceptors (Lipinski definition) is 4. The van der Waals surface area contributed by atoms with Gasteiger partial charge < -0.3 is 10.6 Å². The molecule has 2 aromatic rings. The number of nitrogens with one attached hydrogen (secondary N) is 3. The fourth-order valence-electron chi connectivity index (χ4n) is 2.66. The van der Waals surface area contributed by atoms with E-state index in [9.17, 15) is 18.0 Å². The molecule has 0 unspecified atom stereocenters. The molecule has 0 aromatic heterocycles. The van der Waals surface area contributed by atoms with E-state index in [0.29, 0.717) is 16.1 Å². The number of hydrogen-bond donors (Lipinski definition) is 3. The fourth-order valence-corrected chi connectivity index (χ4v) is 4.65. The molecule has 3 N–H and O–H groups in total. The van der Waals surface area contributed by atoms with Crippen LogP contribution in [0.4, 0.5) is 0 Å². The molecule has 0 fully saturated rings. The zero-order chi connectivity index (χ0) is 22.3. The van der Waals surface area contributed by atoms with Crippen molar-refractivity contribution in [2.75, 3.05) is 6.54 Å². The highest BCUT2D eigenvalue weighted by Crippen LogP contribution is 2.20. The van der Waals surface area contributed by atoms with Crippen molar-refractivity contribution in [1.29, 1.82) is 0 Å². The summed E-state index contributed by atoms with van der Waals surface area (Å²) in [6, 6.07) is 11.2. The molecule has 0 heterocycles. The van der Waals surface area contributed by atoms with Gasteiger partial charge in [-0.25, -0.2) is 13.1 Å². The van der Waals surface area contributed by atoms with E-state index in [1.165, 1.54) is 18.2 Å². The van der Waals surface area contributed by atoms with Gasteiger partial charge >= 0.3 is 0 Å². The number of amides is 2. The monoisotopic (exact) mass is 471 g/mol. The summed E-state index contributed by atoms with van der Waals surface area (Å²) in [7, 11) is -3.50. The summed E-state index contributed by atoms with van der Waals surface area (Å²) in [4.78, 5) is 24.3. The number of rotatable bonds is 9. The first-order valence-corrected chi connectivity index (χ1v) is 11.5.